The van der Waals surface area contributed by atoms with Crippen molar-refractivity contribution < 1.29 is 0 Å². The van der Waals surface area contributed by atoms with Gasteiger partial charge in [-0.15, -0.1) is 0 Å². The standard InChI is InChI=1S/C10H9Cl2N3/c11-8-3-1-2-7(10(8)12)9-4-6(5-13)14-15-9/h1-4H,5,13H2,(H,14,15). The van der Waals surface area contributed by atoms with Crippen LogP contribution in [0.5, 0.6) is 0 Å². The molecule has 1 aromatic heterocycles. The Hall–Kier alpha value is -1.03. The maximum absolute atomic E-state index is 6.06. The van der Waals surface area contributed by atoms with Gasteiger partial charge in [0.05, 0.1) is 15.7 Å². The number of aromatic amines is 1. The van der Waals surface area contributed by atoms with Crippen molar-refractivity contribution in [3.63, 3.8) is 0 Å². The van der Waals surface area contributed by atoms with Gasteiger partial charge in [-0.2, -0.15) is 5.10 Å². The van der Waals surface area contributed by atoms with E-state index in [1.54, 1.807) is 6.07 Å². The number of hydrogen-bond acceptors (Lipinski definition) is 2. The molecule has 0 aliphatic heterocycles. The summed E-state index contributed by atoms with van der Waals surface area (Å²) in [5.41, 5.74) is 7.90. The minimum atomic E-state index is 0.422. The minimum Gasteiger partial charge on any atom is -0.325 e. The number of aromatic nitrogens is 2. The molecule has 0 unspecified atom stereocenters. The van der Waals surface area contributed by atoms with Crippen LogP contribution in [0.4, 0.5) is 0 Å². The van der Waals surface area contributed by atoms with Gasteiger partial charge in [0.25, 0.3) is 0 Å². The highest BCUT2D eigenvalue weighted by atomic mass is 35.5. The Morgan fingerprint density at radius 2 is 2.13 bits per heavy atom. The molecule has 15 heavy (non-hydrogen) atoms. The Labute approximate surface area is 97.2 Å². The van der Waals surface area contributed by atoms with Gasteiger partial charge >= 0.3 is 0 Å². The van der Waals surface area contributed by atoms with E-state index in [-0.39, 0.29) is 0 Å². The molecule has 0 amide bonds. The van der Waals surface area contributed by atoms with Crippen molar-refractivity contribution in [3.8, 4) is 11.3 Å². The summed E-state index contributed by atoms with van der Waals surface area (Å²) in [4.78, 5) is 0. The van der Waals surface area contributed by atoms with Crippen LogP contribution in [0.1, 0.15) is 5.69 Å². The zero-order valence-corrected chi connectivity index (χ0v) is 9.31. The Bertz CT molecular complexity index is 479. The van der Waals surface area contributed by atoms with E-state index in [4.69, 9.17) is 28.9 Å². The van der Waals surface area contributed by atoms with Gasteiger partial charge in [-0.05, 0) is 12.1 Å². The van der Waals surface area contributed by atoms with Gasteiger partial charge in [0.1, 0.15) is 0 Å². The molecule has 5 heteroatoms. The predicted octanol–water partition coefficient (Wildman–Crippen LogP) is 2.84. The number of halogens is 2. The lowest BCUT2D eigenvalue weighted by molar-refractivity contribution is 0.948. The third-order valence-corrected chi connectivity index (χ3v) is 2.90. The Kier molecular flexibility index (Phi) is 2.95. The van der Waals surface area contributed by atoms with E-state index in [2.05, 4.69) is 10.2 Å². The fraction of sp³-hybridized carbons (Fsp3) is 0.100. The zero-order valence-electron chi connectivity index (χ0n) is 7.80. The number of rotatable bonds is 2. The summed E-state index contributed by atoms with van der Waals surface area (Å²) in [6.45, 7) is 0.422. The first-order valence-corrected chi connectivity index (χ1v) is 5.16. The van der Waals surface area contributed by atoms with E-state index in [1.807, 2.05) is 18.2 Å². The predicted molar refractivity (Wildman–Crippen MR) is 61.9 cm³/mol. The smallest absolute Gasteiger partial charge is 0.0939 e. The summed E-state index contributed by atoms with van der Waals surface area (Å²) in [6, 6.07) is 7.30. The number of nitrogens with one attached hydrogen (secondary N) is 1. The molecule has 1 heterocycles. The highest BCUT2D eigenvalue weighted by molar-refractivity contribution is 6.43. The van der Waals surface area contributed by atoms with Gasteiger partial charge in [-0.1, -0.05) is 35.3 Å². The van der Waals surface area contributed by atoms with Crippen molar-refractivity contribution in [2.24, 2.45) is 5.73 Å². The SMILES string of the molecule is NCc1cc(-c2cccc(Cl)c2Cl)n[nH]1. The average Bonchev–Trinajstić information content (AvgIpc) is 2.70. The fourth-order valence-corrected chi connectivity index (χ4v) is 1.70. The quantitative estimate of drug-likeness (QED) is 0.850. The monoisotopic (exact) mass is 241 g/mol. The van der Waals surface area contributed by atoms with Crippen LogP contribution < -0.4 is 5.73 Å². The van der Waals surface area contributed by atoms with Crippen LogP contribution >= 0.6 is 23.2 Å². The molecule has 0 spiro atoms. The van der Waals surface area contributed by atoms with Crippen LogP contribution in [-0.4, -0.2) is 10.2 Å². The molecular formula is C10H9Cl2N3. The number of H-pyrrole nitrogens is 1. The van der Waals surface area contributed by atoms with E-state index in [0.717, 1.165) is 17.0 Å². The molecule has 0 bridgehead atoms. The fourth-order valence-electron chi connectivity index (χ4n) is 1.31. The van der Waals surface area contributed by atoms with Crippen molar-refractivity contribution >= 4 is 23.2 Å². The lowest BCUT2D eigenvalue weighted by Crippen LogP contribution is -1.95. The van der Waals surface area contributed by atoms with Gasteiger partial charge < -0.3 is 5.73 Å². The first-order valence-electron chi connectivity index (χ1n) is 4.41. The molecule has 0 radical (unpaired) electrons. The van der Waals surface area contributed by atoms with Crippen molar-refractivity contribution in [2.75, 3.05) is 0 Å². The third kappa shape index (κ3) is 2.00. The van der Waals surface area contributed by atoms with Crippen LogP contribution in [0.2, 0.25) is 10.0 Å². The molecule has 2 rings (SSSR count). The molecule has 0 fully saturated rings. The van der Waals surface area contributed by atoms with Gasteiger partial charge in [-0.3, -0.25) is 5.10 Å². The topological polar surface area (TPSA) is 54.7 Å². The zero-order chi connectivity index (χ0) is 10.8. The maximum atomic E-state index is 6.06. The molecule has 2 aromatic rings. The first-order chi connectivity index (χ1) is 7.22. The second kappa shape index (κ2) is 4.23. The van der Waals surface area contributed by atoms with Crippen LogP contribution in [0.3, 0.4) is 0 Å². The second-order valence-corrected chi connectivity index (χ2v) is 3.87. The summed E-state index contributed by atoms with van der Waals surface area (Å²) in [7, 11) is 0. The number of nitrogens with zero attached hydrogens (tertiary/aromatic N) is 1. The van der Waals surface area contributed by atoms with E-state index in [0.29, 0.717) is 16.6 Å². The number of hydrogen-bond donors (Lipinski definition) is 2. The third-order valence-electron chi connectivity index (χ3n) is 2.08. The summed E-state index contributed by atoms with van der Waals surface area (Å²) in [5.74, 6) is 0. The van der Waals surface area contributed by atoms with Crippen LogP contribution in [-0.2, 0) is 6.54 Å². The summed E-state index contributed by atoms with van der Waals surface area (Å²) < 4.78 is 0. The highest BCUT2D eigenvalue weighted by Crippen LogP contribution is 2.32. The largest absolute Gasteiger partial charge is 0.325 e. The van der Waals surface area contributed by atoms with Gasteiger partial charge in [-0.25, -0.2) is 0 Å². The molecule has 0 aliphatic rings. The van der Waals surface area contributed by atoms with Crippen molar-refractivity contribution in [2.45, 2.75) is 6.54 Å². The average molecular weight is 242 g/mol. The lowest BCUT2D eigenvalue weighted by atomic mass is 10.1. The number of nitrogens with two attached hydrogens (primary N) is 1. The first kappa shape index (κ1) is 10.5. The number of benzene rings is 1. The molecule has 3 N–H and O–H groups in total. The van der Waals surface area contributed by atoms with E-state index >= 15 is 0 Å². The molecule has 3 nitrogen and oxygen atoms in total. The van der Waals surface area contributed by atoms with E-state index < -0.39 is 0 Å². The van der Waals surface area contributed by atoms with E-state index in [9.17, 15) is 0 Å². The maximum Gasteiger partial charge on any atom is 0.0939 e. The van der Waals surface area contributed by atoms with Gasteiger partial charge in [0.15, 0.2) is 0 Å². The molecule has 78 valence electrons. The lowest BCUT2D eigenvalue weighted by Gasteiger charge is -2.01. The molecule has 0 aliphatic carbocycles. The summed E-state index contributed by atoms with van der Waals surface area (Å²) in [5, 5.41) is 7.96. The van der Waals surface area contributed by atoms with Crippen LogP contribution in [0, 0.1) is 0 Å². The Morgan fingerprint density at radius 3 is 2.80 bits per heavy atom. The van der Waals surface area contributed by atoms with Gasteiger partial charge in [0.2, 0.25) is 0 Å². The molecule has 1 aromatic carbocycles. The van der Waals surface area contributed by atoms with E-state index in [1.165, 1.54) is 0 Å². The Morgan fingerprint density at radius 1 is 1.33 bits per heavy atom. The minimum absolute atomic E-state index is 0.422. The normalized spacial score (nSPS) is 10.6. The van der Waals surface area contributed by atoms with Crippen LogP contribution in [0.25, 0.3) is 11.3 Å². The van der Waals surface area contributed by atoms with Gasteiger partial charge in [0, 0.05) is 17.8 Å². The molecule has 0 atom stereocenters. The molecular weight excluding hydrogens is 233 g/mol. The molecule has 0 saturated carbocycles. The van der Waals surface area contributed by atoms with Crippen LogP contribution in [0.15, 0.2) is 24.3 Å². The second-order valence-electron chi connectivity index (χ2n) is 3.08. The summed E-state index contributed by atoms with van der Waals surface area (Å²) in [6.07, 6.45) is 0. The van der Waals surface area contributed by atoms with Crippen molar-refractivity contribution in [1.82, 2.24) is 10.2 Å². The molecule has 0 saturated heterocycles. The van der Waals surface area contributed by atoms with Crippen molar-refractivity contribution in [3.05, 3.63) is 40.0 Å². The highest BCUT2D eigenvalue weighted by Gasteiger charge is 2.09. The van der Waals surface area contributed by atoms with Crippen molar-refractivity contribution in [1.29, 1.82) is 0 Å². The Balaban J connectivity index is 2.49. The summed E-state index contributed by atoms with van der Waals surface area (Å²) >= 11 is 12.0.